The van der Waals surface area contributed by atoms with Crippen molar-refractivity contribution in [1.82, 2.24) is 9.97 Å². The summed E-state index contributed by atoms with van der Waals surface area (Å²) in [5.41, 5.74) is 15.1. The van der Waals surface area contributed by atoms with Crippen molar-refractivity contribution in [1.29, 1.82) is 5.26 Å². The molecule has 8 heteroatoms. The molecule has 1 unspecified atom stereocenters. The molecule has 5 N–H and O–H groups in total. The van der Waals surface area contributed by atoms with Gasteiger partial charge in [0.15, 0.2) is 0 Å². The van der Waals surface area contributed by atoms with Crippen LogP contribution in [-0.4, -0.2) is 28.9 Å². The third kappa shape index (κ3) is 4.38. The molecule has 3 rings (SSSR count). The van der Waals surface area contributed by atoms with Gasteiger partial charge in [0, 0.05) is 6.54 Å². The zero-order valence-electron chi connectivity index (χ0n) is 16.0. The molecule has 1 aliphatic rings. The number of aliphatic imine (C=N–C) groups is 1. The van der Waals surface area contributed by atoms with E-state index in [1.54, 1.807) is 24.8 Å². The Hall–Kier alpha value is -3.60. The monoisotopic (exact) mass is 376 g/mol. The number of pyridine rings is 2. The van der Waals surface area contributed by atoms with Gasteiger partial charge in [-0.1, -0.05) is 13.8 Å². The lowest BCUT2D eigenvalue weighted by Crippen LogP contribution is -2.22. The number of anilines is 2. The SMILES string of the molecule is CC(C)C(=C/N)/C=C(\N)Nc1ccc2ncc(N3C=NC(CC#N)C3)cc2n1. The zero-order valence-corrected chi connectivity index (χ0v) is 16.0. The van der Waals surface area contributed by atoms with Gasteiger partial charge in [0.25, 0.3) is 0 Å². The number of nitriles is 1. The highest BCUT2D eigenvalue weighted by Gasteiger charge is 2.19. The van der Waals surface area contributed by atoms with Crippen molar-refractivity contribution in [2.45, 2.75) is 26.3 Å². The second kappa shape index (κ2) is 8.39. The highest BCUT2D eigenvalue weighted by atomic mass is 15.2. The Morgan fingerprint density at radius 3 is 2.96 bits per heavy atom. The summed E-state index contributed by atoms with van der Waals surface area (Å²) in [7, 11) is 0. The Balaban J connectivity index is 1.80. The van der Waals surface area contributed by atoms with Crippen LogP contribution in [0.5, 0.6) is 0 Å². The Bertz CT molecular complexity index is 983. The van der Waals surface area contributed by atoms with Crippen LogP contribution in [0.1, 0.15) is 20.3 Å². The van der Waals surface area contributed by atoms with Crippen molar-refractivity contribution < 1.29 is 0 Å². The van der Waals surface area contributed by atoms with Crippen molar-refractivity contribution >= 4 is 28.9 Å². The lowest BCUT2D eigenvalue weighted by atomic mass is 10.0. The average Bonchev–Trinajstić information content (AvgIpc) is 3.14. The van der Waals surface area contributed by atoms with Gasteiger partial charge < -0.3 is 21.7 Å². The fourth-order valence-corrected chi connectivity index (χ4v) is 2.88. The van der Waals surface area contributed by atoms with Gasteiger partial charge in [-0.3, -0.25) is 9.98 Å². The van der Waals surface area contributed by atoms with Crippen LogP contribution in [0, 0.1) is 17.2 Å². The van der Waals surface area contributed by atoms with Crippen LogP contribution in [0.15, 0.2) is 53.1 Å². The molecule has 0 amide bonds. The van der Waals surface area contributed by atoms with E-state index < -0.39 is 0 Å². The minimum atomic E-state index is -0.00246. The lowest BCUT2D eigenvalue weighted by Gasteiger charge is -2.15. The molecule has 2 aromatic heterocycles. The number of aromatic nitrogens is 2. The molecule has 1 aliphatic heterocycles. The Labute approximate surface area is 164 Å². The fraction of sp³-hybridized carbons (Fsp3) is 0.300. The number of hydrogen-bond donors (Lipinski definition) is 3. The average molecular weight is 376 g/mol. The lowest BCUT2D eigenvalue weighted by molar-refractivity contribution is 0.736. The van der Waals surface area contributed by atoms with Gasteiger partial charge in [-0.25, -0.2) is 4.98 Å². The molecule has 8 nitrogen and oxygen atoms in total. The van der Waals surface area contributed by atoms with Crippen molar-refractivity contribution in [3.8, 4) is 6.07 Å². The third-order valence-electron chi connectivity index (χ3n) is 4.46. The minimum Gasteiger partial charge on any atom is -0.404 e. The van der Waals surface area contributed by atoms with E-state index >= 15 is 0 Å². The number of rotatable bonds is 6. The Kier molecular flexibility index (Phi) is 5.75. The number of nitrogens with two attached hydrogens (primary N) is 2. The molecule has 0 fully saturated rings. The quantitative estimate of drug-likeness (QED) is 0.660. The molecule has 1 atom stereocenters. The first-order chi connectivity index (χ1) is 13.5. The molecule has 3 heterocycles. The Morgan fingerprint density at radius 1 is 1.43 bits per heavy atom. The Morgan fingerprint density at radius 2 is 2.25 bits per heavy atom. The molecule has 28 heavy (non-hydrogen) atoms. The normalized spacial score (nSPS) is 17.4. The van der Waals surface area contributed by atoms with Gasteiger partial charge in [0.1, 0.15) is 11.6 Å². The van der Waals surface area contributed by atoms with Gasteiger partial charge in [-0.05, 0) is 42.0 Å². The number of nitrogens with one attached hydrogen (secondary N) is 1. The summed E-state index contributed by atoms with van der Waals surface area (Å²) < 4.78 is 0. The summed E-state index contributed by atoms with van der Waals surface area (Å²) >= 11 is 0. The third-order valence-corrected chi connectivity index (χ3v) is 4.46. The van der Waals surface area contributed by atoms with Crippen LogP contribution in [-0.2, 0) is 0 Å². The van der Waals surface area contributed by atoms with Crippen LogP contribution < -0.4 is 21.7 Å². The first kappa shape index (κ1) is 19.2. The molecule has 0 aromatic carbocycles. The summed E-state index contributed by atoms with van der Waals surface area (Å²) in [5, 5.41) is 11.9. The van der Waals surface area contributed by atoms with Crippen LogP contribution in [0.3, 0.4) is 0 Å². The van der Waals surface area contributed by atoms with E-state index in [2.05, 4.69) is 26.3 Å². The summed E-state index contributed by atoms with van der Waals surface area (Å²) in [6.45, 7) is 4.76. The van der Waals surface area contributed by atoms with Crippen LogP contribution in [0.4, 0.5) is 11.5 Å². The van der Waals surface area contributed by atoms with Crippen LogP contribution in [0.25, 0.3) is 11.0 Å². The molecule has 0 radical (unpaired) electrons. The standard InChI is InChI=1S/C20H24N8/c1-13(2)14(9-22)7-19(23)27-20-4-3-17-18(26-20)8-16(10-24-17)28-11-15(5-6-21)25-12-28/h3-4,7-10,12-13,15H,5,11,22-23H2,1-2H3,(H,26,27)/b14-9+,19-7+. The number of allylic oxidation sites excluding steroid dienone is 2. The first-order valence-corrected chi connectivity index (χ1v) is 9.10. The molecule has 2 aromatic rings. The van der Waals surface area contributed by atoms with Gasteiger partial charge >= 0.3 is 0 Å². The van der Waals surface area contributed by atoms with Gasteiger partial charge in [0.2, 0.25) is 0 Å². The van der Waals surface area contributed by atoms with E-state index in [1.165, 1.54) is 0 Å². The highest BCUT2D eigenvalue weighted by molar-refractivity contribution is 5.86. The zero-order chi connectivity index (χ0) is 20.1. The summed E-state index contributed by atoms with van der Waals surface area (Å²) in [6, 6.07) is 7.83. The second-order valence-corrected chi connectivity index (χ2v) is 6.91. The van der Waals surface area contributed by atoms with E-state index in [9.17, 15) is 0 Å². The van der Waals surface area contributed by atoms with E-state index in [4.69, 9.17) is 16.7 Å². The van der Waals surface area contributed by atoms with Crippen molar-refractivity contribution in [3.05, 3.63) is 48.1 Å². The van der Waals surface area contributed by atoms with Crippen LogP contribution in [0.2, 0.25) is 0 Å². The minimum absolute atomic E-state index is 0.00246. The maximum Gasteiger partial charge on any atom is 0.132 e. The van der Waals surface area contributed by atoms with E-state index in [1.807, 2.05) is 36.9 Å². The van der Waals surface area contributed by atoms with Gasteiger partial charge in [0.05, 0.1) is 47.8 Å². The predicted octanol–water partition coefficient (Wildman–Crippen LogP) is 2.47. The van der Waals surface area contributed by atoms with Crippen molar-refractivity contribution in [2.24, 2.45) is 22.4 Å². The molecular weight excluding hydrogens is 352 g/mol. The van der Waals surface area contributed by atoms with E-state index in [0.717, 1.165) is 22.3 Å². The summed E-state index contributed by atoms with van der Waals surface area (Å²) in [6.07, 6.45) is 7.30. The molecule has 0 spiro atoms. The topological polar surface area (TPSA) is 129 Å². The highest BCUT2D eigenvalue weighted by Crippen LogP contribution is 2.22. The van der Waals surface area contributed by atoms with Crippen LogP contribution >= 0.6 is 0 Å². The van der Waals surface area contributed by atoms with Crippen molar-refractivity contribution in [2.75, 3.05) is 16.8 Å². The van der Waals surface area contributed by atoms with Crippen molar-refractivity contribution in [3.63, 3.8) is 0 Å². The molecule has 0 aliphatic carbocycles. The summed E-state index contributed by atoms with van der Waals surface area (Å²) in [5.74, 6) is 1.36. The predicted molar refractivity (Wildman–Crippen MR) is 112 cm³/mol. The van der Waals surface area contributed by atoms with Gasteiger partial charge in [-0.15, -0.1) is 0 Å². The molecule has 0 bridgehead atoms. The molecule has 0 saturated carbocycles. The fourth-order valence-electron chi connectivity index (χ4n) is 2.88. The van der Waals surface area contributed by atoms with Gasteiger partial charge in [-0.2, -0.15) is 5.26 Å². The second-order valence-electron chi connectivity index (χ2n) is 6.91. The number of hydrogen-bond acceptors (Lipinski definition) is 8. The number of fused-ring (bicyclic) bond motifs is 1. The molecular formula is C20H24N8. The maximum atomic E-state index is 8.83. The van der Waals surface area contributed by atoms with E-state index in [-0.39, 0.29) is 12.0 Å². The first-order valence-electron chi connectivity index (χ1n) is 9.10. The maximum absolute atomic E-state index is 8.83. The number of nitrogens with zero attached hydrogens (tertiary/aromatic N) is 5. The molecule has 144 valence electrons. The largest absolute Gasteiger partial charge is 0.404 e. The van der Waals surface area contributed by atoms with E-state index in [0.29, 0.717) is 24.6 Å². The molecule has 0 saturated heterocycles. The summed E-state index contributed by atoms with van der Waals surface area (Å²) in [4.78, 5) is 15.4. The smallest absolute Gasteiger partial charge is 0.132 e.